The van der Waals surface area contributed by atoms with Crippen LogP contribution in [0.3, 0.4) is 0 Å². The normalized spacial score (nSPS) is 17.0. The van der Waals surface area contributed by atoms with E-state index in [0.717, 1.165) is 35.3 Å². The van der Waals surface area contributed by atoms with E-state index in [-0.39, 0.29) is 19.0 Å². The predicted molar refractivity (Wildman–Crippen MR) is 79.0 cm³/mol. The topological polar surface area (TPSA) is 72.8 Å². The van der Waals surface area contributed by atoms with E-state index in [0.29, 0.717) is 25.0 Å². The average molecular weight is 302 g/mol. The molecular weight excluding hydrogens is 284 g/mol. The molecule has 3 rings (SSSR count). The van der Waals surface area contributed by atoms with Gasteiger partial charge in [0.15, 0.2) is 17.3 Å². The van der Waals surface area contributed by atoms with Crippen molar-refractivity contribution in [2.75, 3.05) is 6.79 Å². The highest BCUT2D eigenvalue weighted by molar-refractivity contribution is 5.97. The quantitative estimate of drug-likeness (QED) is 0.905. The molecule has 0 spiro atoms. The van der Waals surface area contributed by atoms with Crippen molar-refractivity contribution in [2.45, 2.75) is 38.5 Å². The number of fused-ring (bicyclic) bond motifs is 1. The number of carbonyl (C=O) groups excluding carboxylic acids is 1. The van der Waals surface area contributed by atoms with E-state index in [2.05, 4.69) is 0 Å². The number of ether oxygens (including phenoxy) is 2. The van der Waals surface area contributed by atoms with E-state index in [9.17, 15) is 9.59 Å². The second-order valence-electron chi connectivity index (χ2n) is 5.62. The highest BCUT2D eigenvalue weighted by atomic mass is 16.7. The molecule has 0 unspecified atom stereocenters. The van der Waals surface area contributed by atoms with Crippen LogP contribution < -0.4 is 9.47 Å². The summed E-state index contributed by atoms with van der Waals surface area (Å²) in [6, 6.07) is 5.67. The third kappa shape index (κ3) is 3.13. The summed E-state index contributed by atoms with van der Waals surface area (Å²) < 4.78 is 10.6. The van der Waals surface area contributed by atoms with Crippen LogP contribution in [-0.4, -0.2) is 23.7 Å². The molecular formula is C17H18O5. The van der Waals surface area contributed by atoms with Crippen LogP contribution in [-0.2, 0) is 16.0 Å². The molecule has 0 amide bonds. The molecule has 2 aliphatic rings. The van der Waals surface area contributed by atoms with Crippen LogP contribution >= 0.6 is 0 Å². The third-order valence-corrected chi connectivity index (χ3v) is 4.10. The summed E-state index contributed by atoms with van der Waals surface area (Å²) in [5, 5.41) is 8.85. The molecule has 1 aliphatic carbocycles. The molecule has 116 valence electrons. The Morgan fingerprint density at radius 2 is 2.00 bits per heavy atom. The van der Waals surface area contributed by atoms with Crippen LogP contribution in [0, 0.1) is 0 Å². The molecule has 0 saturated carbocycles. The van der Waals surface area contributed by atoms with Crippen molar-refractivity contribution in [2.24, 2.45) is 0 Å². The summed E-state index contributed by atoms with van der Waals surface area (Å²) in [6.45, 7) is 0.226. The third-order valence-electron chi connectivity index (χ3n) is 4.10. The largest absolute Gasteiger partial charge is 0.481 e. The minimum atomic E-state index is -0.826. The SMILES string of the molecule is O=C(O)CCC1=C(Cc2ccc3c(c2)OCO3)C(=O)CCC1. The van der Waals surface area contributed by atoms with Gasteiger partial charge in [-0.05, 0) is 42.5 Å². The first-order chi connectivity index (χ1) is 10.6. The number of carbonyl (C=O) groups is 2. The fourth-order valence-electron chi connectivity index (χ4n) is 2.97. The highest BCUT2D eigenvalue weighted by Crippen LogP contribution is 2.34. The van der Waals surface area contributed by atoms with Crippen LogP contribution in [0.1, 0.15) is 37.7 Å². The van der Waals surface area contributed by atoms with Crippen LogP contribution in [0.15, 0.2) is 29.3 Å². The number of carboxylic acid groups (broad SMARTS) is 1. The lowest BCUT2D eigenvalue weighted by Gasteiger charge is -2.19. The smallest absolute Gasteiger partial charge is 0.303 e. The van der Waals surface area contributed by atoms with Gasteiger partial charge < -0.3 is 14.6 Å². The lowest BCUT2D eigenvalue weighted by atomic mass is 9.85. The van der Waals surface area contributed by atoms with Crippen molar-refractivity contribution in [3.63, 3.8) is 0 Å². The highest BCUT2D eigenvalue weighted by Gasteiger charge is 2.22. The average Bonchev–Trinajstić information content (AvgIpc) is 2.95. The van der Waals surface area contributed by atoms with Crippen LogP contribution in [0.2, 0.25) is 0 Å². The van der Waals surface area contributed by atoms with Gasteiger partial charge in [-0.2, -0.15) is 0 Å². The lowest BCUT2D eigenvalue weighted by Crippen LogP contribution is -2.14. The molecule has 0 saturated heterocycles. The maximum atomic E-state index is 12.2. The molecule has 0 radical (unpaired) electrons. The maximum absolute atomic E-state index is 12.2. The zero-order chi connectivity index (χ0) is 15.5. The number of Topliss-reactive ketones (excluding diaryl/α,β-unsaturated/α-hetero) is 1. The van der Waals surface area contributed by atoms with E-state index in [1.54, 1.807) is 0 Å². The number of rotatable bonds is 5. The van der Waals surface area contributed by atoms with Gasteiger partial charge in [-0.25, -0.2) is 0 Å². The van der Waals surface area contributed by atoms with E-state index >= 15 is 0 Å². The fourth-order valence-corrected chi connectivity index (χ4v) is 2.97. The summed E-state index contributed by atoms with van der Waals surface area (Å²) in [5.74, 6) is 0.740. The number of aliphatic carboxylic acids is 1. The zero-order valence-corrected chi connectivity index (χ0v) is 12.3. The van der Waals surface area contributed by atoms with Gasteiger partial charge in [-0.1, -0.05) is 11.6 Å². The molecule has 0 fully saturated rings. The van der Waals surface area contributed by atoms with Gasteiger partial charge in [0, 0.05) is 19.3 Å². The van der Waals surface area contributed by atoms with Gasteiger partial charge in [0.1, 0.15) is 0 Å². The number of hydrogen-bond acceptors (Lipinski definition) is 4. The first kappa shape index (κ1) is 14.6. The van der Waals surface area contributed by atoms with Crippen molar-refractivity contribution in [3.05, 3.63) is 34.9 Å². The Labute approximate surface area is 128 Å². The summed E-state index contributed by atoms with van der Waals surface area (Å²) in [6.07, 6.45) is 3.26. The van der Waals surface area contributed by atoms with Gasteiger partial charge in [0.25, 0.3) is 0 Å². The summed E-state index contributed by atoms with van der Waals surface area (Å²) in [5.41, 5.74) is 2.77. The van der Waals surface area contributed by atoms with Crippen molar-refractivity contribution < 1.29 is 24.2 Å². The minimum absolute atomic E-state index is 0.0766. The van der Waals surface area contributed by atoms with E-state index in [1.165, 1.54) is 0 Å². The second-order valence-corrected chi connectivity index (χ2v) is 5.62. The minimum Gasteiger partial charge on any atom is -0.481 e. The van der Waals surface area contributed by atoms with Gasteiger partial charge in [0.2, 0.25) is 6.79 Å². The van der Waals surface area contributed by atoms with Crippen molar-refractivity contribution >= 4 is 11.8 Å². The molecule has 1 heterocycles. The van der Waals surface area contributed by atoms with E-state index in [1.807, 2.05) is 18.2 Å². The molecule has 0 aromatic heterocycles. The molecule has 5 heteroatoms. The standard InChI is InChI=1S/C17H18O5/c18-14-3-1-2-12(5-7-17(19)20)13(14)8-11-4-6-15-16(9-11)22-10-21-15/h4,6,9H,1-3,5,7-8,10H2,(H,19,20). The number of ketones is 1. The Bertz CT molecular complexity index is 644. The number of benzene rings is 1. The Morgan fingerprint density at radius 1 is 1.18 bits per heavy atom. The van der Waals surface area contributed by atoms with Crippen molar-refractivity contribution in [3.8, 4) is 11.5 Å². The molecule has 0 atom stereocenters. The van der Waals surface area contributed by atoms with Crippen LogP contribution in [0.4, 0.5) is 0 Å². The maximum Gasteiger partial charge on any atom is 0.303 e. The van der Waals surface area contributed by atoms with Crippen LogP contribution in [0.25, 0.3) is 0 Å². The zero-order valence-electron chi connectivity index (χ0n) is 12.3. The second kappa shape index (κ2) is 6.22. The van der Waals surface area contributed by atoms with Gasteiger partial charge in [0.05, 0.1) is 0 Å². The summed E-state index contributed by atoms with van der Waals surface area (Å²) >= 11 is 0. The Kier molecular flexibility index (Phi) is 4.13. The molecule has 5 nitrogen and oxygen atoms in total. The summed E-state index contributed by atoms with van der Waals surface area (Å²) in [7, 11) is 0. The first-order valence-electron chi connectivity index (χ1n) is 7.48. The van der Waals surface area contributed by atoms with Gasteiger partial charge >= 0.3 is 5.97 Å². The van der Waals surface area contributed by atoms with Gasteiger partial charge in [-0.15, -0.1) is 0 Å². The fraction of sp³-hybridized carbons (Fsp3) is 0.412. The monoisotopic (exact) mass is 302 g/mol. The predicted octanol–water partition coefficient (Wildman–Crippen LogP) is 2.87. The molecule has 1 aromatic carbocycles. The molecule has 0 bridgehead atoms. The van der Waals surface area contributed by atoms with Crippen molar-refractivity contribution in [1.82, 2.24) is 0 Å². The van der Waals surface area contributed by atoms with E-state index < -0.39 is 5.97 Å². The Balaban J connectivity index is 1.82. The molecule has 1 aromatic rings. The molecule has 1 N–H and O–H groups in total. The number of hydrogen-bond donors (Lipinski definition) is 1. The first-order valence-corrected chi connectivity index (χ1v) is 7.48. The molecule has 22 heavy (non-hydrogen) atoms. The van der Waals surface area contributed by atoms with Gasteiger partial charge in [-0.3, -0.25) is 9.59 Å². The summed E-state index contributed by atoms with van der Waals surface area (Å²) in [4.78, 5) is 23.0. The van der Waals surface area contributed by atoms with Crippen molar-refractivity contribution in [1.29, 1.82) is 0 Å². The number of allylic oxidation sites excluding steroid dienone is 2. The Morgan fingerprint density at radius 3 is 2.82 bits per heavy atom. The Hall–Kier alpha value is -2.30. The van der Waals surface area contributed by atoms with Crippen LogP contribution in [0.5, 0.6) is 11.5 Å². The molecule has 1 aliphatic heterocycles. The lowest BCUT2D eigenvalue weighted by molar-refractivity contribution is -0.137. The number of carboxylic acids is 1. The van der Waals surface area contributed by atoms with E-state index in [4.69, 9.17) is 14.6 Å².